The Labute approximate surface area is 427 Å². The molecule has 71 heavy (non-hydrogen) atoms. The van der Waals surface area contributed by atoms with Gasteiger partial charge in [-0.1, -0.05) is 60.3 Å². The Hall–Kier alpha value is -4.53. The third-order valence-electron chi connectivity index (χ3n) is 10.2. The summed E-state index contributed by atoms with van der Waals surface area (Å²) in [6, 6.07) is 9.82. The number of carboxylic acid groups (broad SMARTS) is 5. The summed E-state index contributed by atoms with van der Waals surface area (Å²) in [4.78, 5) is 58.9. The van der Waals surface area contributed by atoms with Gasteiger partial charge in [-0.05, 0) is 113 Å². The Morgan fingerprint density at radius 1 is 0.732 bits per heavy atom. The second kappa shape index (κ2) is 43.1. The van der Waals surface area contributed by atoms with E-state index < -0.39 is 35.9 Å². The lowest BCUT2D eigenvalue weighted by molar-refractivity contribution is -0.148. The van der Waals surface area contributed by atoms with Gasteiger partial charge in [0.1, 0.15) is 18.4 Å². The summed E-state index contributed by atoms with van der Waals surface area (Å²) in [6.45, 7) is 40.1. The van der Waals surface area contributed by atoms with Crippen LogP contribution in [0.15, 0.2) is 36.6 Å². The van der Waals surface area contributed by atoms with Gasteiger partial charge in [0, 0.05) is 69.9 Å². The largest absolute Gasteiger partial charge is 0.512 e. The Balaban J connectivity index is -0.000000393. The molecular weight excluding hydrogens is 917 g/mol. The number of anilines is 1. The maximum atomic E-state index is 10.3. The number of likely N-dealkylation sites (N-methyl/N-ethyl adjacent to an activating group) is 1. The average Bonchev–Trinajstić information content (AvgIpc) is 3.22. The van der Waals surface area contributed by atoms with Crippen LogP contribution in [0.3, 0.4) is 0 Å². The number of aliphatic hydroxyl groups excluding tert-OH is 1. The van der Waals surface area contributed by atoms with Crippen molar-refractivity contribution in [2.24, 2.45) is 23.5 Å². The van der Waals surface area contributed by atoms with Crippen LogP contribution in [0.2, 0.25) is 0 Å². The molecule has 1 aromatic carbocycles. The summed E-state index contributed by atoms with van der Waals surface area (Å²) in [6.07, 6.45) is 3.59. The molecule has 0 radical (unpaired) electrons. The van der Waals surface area contributed by atoms with Crippen molar-refractivity contribution in [3.63, 3.8) is 0 Å². The van der Waals surface area contributed by atoms with Gasteiger partial charge in [-0.25, -0.2) is 4.79 Å². The number of nitrogens with one attached hydrogen (secondary N) is 1. The van der Waals surface area contributed by atoms with Crippen molar-refractivity contribution < 1.29 is 64.1 Å². The number of carbonyl (C=O) groups is 5. The zero-order valence-corrected chi connectivity index (χ0v) is 46.5. The fourth-order valence-electron chi connectivity index (χ4n) is 5.64. The maximum absolute atomic E-state index is 10.3. The van der Waals surface area contributed by atoms with Crippen molar-refractivity contribution in [3.05, 3.63) is 36.6 Å². The minimum atomic E-state index is -0.918. The number of likely N-dealkylation sites (tertiary alicyclic amines) is 1. The third kappa shape index (κ3) is 45.1. The van der Waals surface area contributed by atoms with E-state index in [2.05, 4.69) is 92.4 Å². The van der Waals surface area contributed by atoms with Crippen LogP contribution in [0.1, 0.15) is 130 Å². The van der Waals surface area contributed by atoms with E-state index in [9.17, 15) is 24.0 Å². The monoisotopic (exact) mass is 1020 g/mol. The number of carboxylic acids is 5. The fourth-order valence-corrected chi connectivity index (χ4v) is 5.64. The van der Waals surface area contributed by atoms with Crippen molar-refractivity contribution in [2.75, 3.05) is 77.5 Å². The lowest BCUT2D eigenvalue weighted by Crippen LogP contribution is -2.53. The topological polar surface area (TPSA) is 276 Å². The number of para-hydroxylation sites is 2. The predicted octanol–water partition coefficient (Wildman–Crippen LogP) is 7.33. The molecule has 416 valence electrons. The van der Waals surface area contributed by atoms with Crippen LogP contribution in [0.5, 0.6) is 5.75 Å². The highest BCUT2D eigenvalue weighted by Gasteiger charge is 2.33. The zero-order chi connectivity index (χ0) is 56.0. The molecule has 2 saturated heterocycles. The van der Waals surface area contributed by atoms with Crippen LogP contribution in [-0.2, 0) is 28.7 Å². The van der Waals surface area contributed by atoms with Gasteiger partial charge >= 0.3 is 29.8 Å². The number of rotatable bonds is 22. The van der Waals surface area contributed by atoms with E-state index in [1.165, 1.54) is 5.69 Å². The van der Waals surface area contributed by atoms with Crippen molar-refractivity contribution >= 4 is 35.5 Å². The first-order valence-corrected chi connectivity index (χ1v) is 25.0. The molecule has 0 amide bonds. The highest BCUT2D eigenvalue weighted by molar-refractivity contribution is 5.73. The number of benzene rings is 1. The lowest BCUT2D eigenvalue weighted by atomic mass is 9.99. The van der Waals surface area contributed by atoms with E-state index in [1.807, 2.05) is 39.6 Å². The van der Waals surface area contributed by atoms with Crippen LogP contribution in [-0.4, -0.2) is 184 Å². The number of nitrogens with two attached hydrogens (primary N) is 1. The zero-order valence-electron chi connectivity index (χ0n) is 46.5. The van der Waals surface area contributed by atoms with Crippen LogP contribution in [0, 0.1) is 17.8 Å². The minimum Gasteiger partial charge on any atom is -0.512 e. The third-order valence-corrected chi connectivity index (χ3v) is 10.2. The van der Waals surface area contributed by atoms with Crippen molar-refractivity contribution in [1.82, 2.24) is 20.0 Å². The molecule has 2 aliphatic heterocycles. The van der Waals surface area contributed by atoms with Gasteiger partial charge in [0.15, 0.2) is 0 Å². The van der Waals surface area contributed by atoms with Gasteiger partial charge in [0.2, 0.25) is 0 Å². The highest BCUT2D eigenvalue weighted by Crippen LogP contribution is 2.29. The van der Waals surface area contributed by atoms with E-state index in [4.69, 9.17) is 45.8 Å². The van der Waals surface area contributed by atoms with Gasteiger partial charge in [-0.2, -0.15) is 0 Å². The van der Waals surface area contributed by atoms with Crippen LogP contribution in [0.25, 0.3) is 0 Å². The predicted molar refractivity (Wildman–Crippen MR) is 285 cm³/mol. The first-order chi connectivity index (χ1) is 32.8. The second-order valence-electron chi connectivity index (χ2n) is 19.6. The quantitative estimate of drug-likeness (QED) is 0.0417. The number of hydrogen-bond acceptors (Lipinski definition) is 14. The van der Waals surface area contributed by atoms with Crippen molar-refractivity contribution in [1.29, 1.82) is 0 Å². The molecule has 19 heteroatoms. The summed E-state index contributed by atoms with van der Waals surface area (Å²) in [5.74, 6) is -2.64. The number of unbranched alkanes of at least 4 members (excludes halogenated alkanes) is 2. The standard InChI is InChI=1S/C18H31N3O.C7H13NO2.C7H15NO.C6H13NO2.C5H10O3.C5H10O2.C4H8O2/c1-16(2)20-11-13-21(14-12-20)17-8-4-5-9-18(17)22-15-7-3-6-10-19;1-5(2)8-3-6(4-8)7(9)10;1-6(2)8(4)5-7(3)9;1-4(2)7-5(3)6(8)9;1-4(2)8-3-5(6)7;1-4(2)3-5(6)7;1-3(2)4(5)6/h4-5,8-9,16H,3,6-7,10-15,19H2,1-2H3;5-6H,3-4H2,1-2H3,(H,9,10);6,9H,3,5H2,1-2,4H3;4-5,7H,1-3H3,(H,8,9);4H,3H2,1-2H3,(H,6,7);4H,3H2,1-2H3,(H,6,7);3H,1-2H3,(H,5,6). The molecule has 9 N–H and O–H groups in total. The highest BCUT2D eigenvalue weighted by atomic mass is 16.5. The first kappa shape index (κ1) is 73.0. The van der Waals surface area contributed by atoms with E-state index in [0.717, 1.165) is 77.4 Å². The molecule has 1 atom stereocenters. The smallest absolute Gasteiger partial charge is 0.329 e. The Kier molecular flexibility index (Phi) is 44.3. The lowest BCUT2D eigenvalue weighted by Gasteiger charge is -2.39. The van der Waals surface area contributed by atoms with Crippen LogP contribution < -0.4 is 20.7 Å². The molecule has 19 nitrogen and oxygen atoms in total. The van der Waals surface area contributed by atoms with Gasteiger partial charge < -0.3 is 56.1 Å². The molecule has 2 aliphatic rings. The van der Waals surface area contributed by atoms with Gasteiger partial charge in [0.25, 0.3) is 0 Å². The number of aliphatic hydroxyl groups is 1. The number of ether oxygens (including phenoxy) is 2. The molecule has 0 bridgehead atoms. The molecule has 1 aromatic rings. The molecule has 2 fully saturated rings. The van der Waals surface area contributed by atoms with E-state index in [-0.39, 0.29) is 48.7 Å². The number of hydrogen-bond donors (Lipinski definition) is 8. The molecule has 0 spiro atoms. The van der Waals surface area contributed by atoms with E-state index in [1.54, 1.807) is 34.6 Å². The Morgan fingerprint density at radius 3 is 1.54 bits per heavy atom. The fraction of sp³-hybridized carbons (Fsp3) is 0.750. The van der Waals surface area contributed by atoms with Gasteiger partial charge in [0.05, 0.1) is 42.5 Å². The molecule has 0 aliphatic carbocycles. The summed E-state index contributed by atoms with van der Waals surface area (Å²) in [5, 5.41) is 52.6. The van der Waals surface area contributed by atoms with E-state index >= 15 is 0 Å². The molecular formula is C52H100N6O13. The summed E-state index contributed by atoms with van der Waals surface area (Å²) >= 11 is 0. The molecule has 3 rings (SSSR count). The Morgan fingerprint density at radius 2 is 1.24 bits per heavy atom. The summed E-state index contributed by atoms with van der Waals surface area (Å²) < 4.78 is 10.7. The van der Waals surface area contributed by atoms with Gasteiger partial charge in [-0.3, -0.25) is 33.9 Å². The number of aliphatic carboxylic acids is 5. The average molecular weight is 1020 g/mol. The summed E-state index contributed by atoms with van der Waals surface area (Å²) in [5.41, 5.74) is 6.76. The SMILES string of the molecule is C=C(O)CN(C)C(C)C.CC(C)C(=O)O.CC(C)CC(=O)O.CC(C)N1CC(C(=O)O)C1.CC(C)N1CCN(c2ccccc2OCCCCCN)CC1.CC(C)NC(C)C(=O)O.CC(C)OCC(=O)O. The first-order valence-electron chi connectivity index (χ1n) is 25.0. The molecule has 0 aromatic heterocycles. The number of piperazine rings is 1. The number of nitrogens with zero attached hydrogens (tertiary/aromatic N) is 4. The van der Waals surface area contributed by atoms with E-state index in [0.29, 0.717) is 24.7 Å². The van der Waals surface area contributed by atoms with Gasteiger partial charge in [-0.15, -0.1) is 0 Å². The summed E-state index contributed by atoms with van der Waals surface area (Å²) in [7, 11) is 1.95. The van der Waals surface area contributed by atoms with Crippen molar-refractivity contribution in [2.45, 2.75) is 166 Å². The normalized spacial score (nSPS) is 14.0. The minimum absolute atomic E-state index is 0.00565. The van der Waals surface area contributed by atoms with Crippen LogP contribution >= 0.6 is 0 Å². The van der Waals surface area contributed by atoms with Crippen molar-refractivity contribution in [3.8, 4) is 5.75 Å². The Bertz CT molecular complexity index is 1560. The second-order valence-corrected chi connectivity index (χ2v) is 19.6. The maximum Gasteiger partial charge on any atom is 0.329 e. The molecule has 2 heterocycles. The molecule has 0 saturated carbocycles. The van der Waals surface area contributed by atoms with Crippen LogP contribution in [0.4, 0.5) is 5.69 Å². The molecule has 1 unspecified atom stereocenters.